The molecular weight excluding hydrogens is 386 g/mol. The Labute approximate surface area is 190 Å². The van der Waals surface area contributed by atoms with Gasteiger partial charge in [-0.25, -0.2) is 0 Å². The van der Waals surface area contributed by atoms with Crippen molar-refractivity contribution in [1.82, 2.24) is 0 Å². The van der Waals surface area contributed by atoms with Gasteiger partial charge in [0.2, 0.25) is 0 Å². The molecule has 0 spiro atoms. The number of nitrogens with zero attached hydrogens (tertiary/aromatic N) is 1. The van der Waals surface area contributed by atoms with Crippen LogP contribution in [-0.4, -0.2) is 5.71 Å². The van der Waals surface area contributed by atoms with Gasteiger partial charge < -0.3 is 0 Å². The van der Waals surface area contributed by atoms with E-state index < -0.39 is 0 Å². The van der Waals surface area contributed by atoms with E-state index >= 15 is 0 Å². The zero-order valence-corrected chi connectivity index (χ0v) is 18.5. The number of benzene rings is 3. The first-order chi connectivity index (χ1) is 15.7. The van der Waals surface area contributed by atoms with Gasteiger partial charge in [-0.15, -0.1) is 0 Å². The molecule has 0 aromatic heterocycles. The van der Waals surface area contributed by atoms with E-state index in [-0.39, 0.29) is 5.41 Å². The van der Waals surface area contributed by atoms with Crippen molar-refractivity contribution in [1.29, 1.82) is 0 Å². The highest BCUT2D eigenvalue weighted by molar-refractivity contribution is 6.30. The molecular formula is C31H27N. The molecule has 156 valence electrons. The molecule has 0 fully saturated rings. The third-order valence-corrected chi connectivity index (χ3v) is 7.35. The largest absolute Gasteiger partial charge is 0.252 e. The minimum absolute atomic E-state index is 0.229. The second kappa shape index (κ2) is 7.60. The van der Waals surface area contributed by atoms with Crippen LogP contribution in [0.4, 0.5) is 5.69 Å². The van der Waals surface area contributed by atoms with Crippen LogP contribution in [0.2, 0.25) is 0 Å². The van der Waals surface area contributed by atoms with Crippen LogP contribution >= 0.6 is 0 Å². The summed E-state index contributed by atoms with van der Waals surface area (Å²) in [4.78, 5) is 4.57. The topological polar surface area (TPSA) is 12.4 Å². The molecule has 0 saturated carbocycles. The Balaban J connectivity index is 0.000000131. The van der Waals surface area contributed by atoms with Crippen LogP contribution in [0.1, 0.15) is 49.3 Å². The zero-order valence-electron chi connectivity index (χ0n) is 18.5. The standard InChI is InChI=1S/C19H18.C12H9N/c1-19-13-5-4-7-15(19)10-11-17-16-8-3-2-6-14(16)9-12-18(17)19;1-3-7-11-9(5-1)10-6-2-4-8-12(10)13-11/h2-3,6-12H,4-5,13H2,1H3;1-7H,8H2. The summed E-state index contributed by atoms with van der Waals surface area (Å²) in [6.45, 7) is 2.41. The first-order valence-electron chi connectivity index (χ1n) is 11.7. The molecule has 3 aromatic rings. The van der Waals surface area contributed by atoms with Crippen molar-refractivity contribution in [2.45, 2.75) is 38.0 Å². The maximum atomic E-state index is 4.57. The molecule has 7 rings (SSSR count). The van der Waals surface area contributed by atoms with E-state index in [1.54, 1.807) is 0 Å². The van der Waals surface area contributed by atoms with Crippen molar-refractivity contribution in [3.05, 3.63) is 113 Å². The number of allylic oxidation sites excluding steroid dienone is 7. The Morgan fingerprint density at radius 2 is 1.78 bits per heavy atom. The molecule has 0 bridgehead atoms. The molecule has 0 N–H and O–H groups in total. The SMILES string of the molecule is C1=CCC2=Nc3ccccc3C2=C1.CC12CCCC=C1C=Cc1c2ccc2ccccc12. The number of rotatable bonds is 0. The Morgan fingerprint density at radius 3 is 2.75 bits per heavy atom. The number of aliphatic imine (C=N–C) groups is 1. The van der Waals surface area contributed by atoms with Gasteiger partial charge in [-0.3, -0.25) is 4.99 Å². The lowest BCUT2D eigenvalue weighted by atomic mass is 9.65. The van der Waals surface area contributed by atoms with Crippen molar-refractivity contribution in [2.75, 3.05) is 0 Å². The van der Waals surface area contributed by atoms with Crippen LogP contribution in [0, 0.1) is 0 Å². The zero-order chi connectivity index (χ0) is 21.5. The monoisotopic (exact) mass is 413 g/mol. The number of para-hydroxylation sites is 1. The molecule has 0 amide bonds. The Morgan fingerprint density at radius 1 is 0.906 bits per heavy atom. The Kier molecular flexibility index (Phi) is 4.57. The average molecular weight is 414 g/mol. The van der Waals surface area contributed by atoms with E-state index in [1.165, 1.54) is 63.6 Å². The highest BCUT2D eigenvalue weighted by Crippen LogP contribution is 2.47. The highest BCUT2D eigenvalue weighted by atomic mass is 14.8. The smallest absolute Gasteiger partial charge is 0.0712 e. The van der Waals surface area contributed by atoms with Crippen molar-refractivity contribution in [2.24, 2.45) is 4.99 Å². The van der Waals surface area contributed by atoms with Crippen molar-refractivity contribution >= 4 is 33.8 Å². The molecule has 1 aliphatic heterocycles. The lowest BCUT2D eigenvalue weighted by Crippen LogP contribution is -2.29. The summed E-state index contributed by atoms with van der Waals surface area (Å²) in [6.07, 6.45) is 18.3. The van der Waals surface area contributed by atoms with E-state index in [0.717, 1.165) is 12.1 Å². The lowest BCUT2D eigenvalue weighted by molar-refractivity contribution is 0.473. The van der Waals surface area contributed by atoms with Gasteiger partial charge in [-0.1, -0.05) is 98.0 Å². The molecule has 1 nitrogen and oxygen atoms in total. The molecule has 1 unspecified atom stereocenters. The van der Waals surface area contributed by atoms with Crippen molar-refractivity contribution < 1.29 is 0 Å². The summed E-state index contributed by atoms with van der Waals surface area (Å²) in [7, 11) is 0. The predicted octanol–water partition coefficient (Wildman–Crippen LogP) is 8.35. The minimum atomic E-state index is 0.229. The van der Waals surface area contributed by atoms with Crippen molar-refractivity contribution in [3.63, 3.8) is 0 Å². The van der Waals surface area contributed by atoms with Crippen LogP contribution in [0.5, 0.6) is 0 Å². The third kappa shape index (κ3) is 3.04. The van der Waals surface area contributed by atoms with E-state index in [1.807, 2.05) is 6.07 Å². The Bertz CT molecular complexity index is 1380. The fourth-order valence-corrected chi connectivity index (χ4v) is 5.60. The van der Waals surface area contributed by atoms with E-state index in [0.29, 0.717) is 0 Å². The third-order valence-electron chi connectivity index (χ3n) is 7.35. The molecule has 3 aromatic carbocycles. The normalized spacial score (nSPS) is 21.8. The second-order valence-corrected chi connectivity index (χ2v) is 9.25. The molecule has 4 aliphatic rings. The molecule has 0 radical (unpaired) electrons. The van der Waals surface area contributed by atoms with E-state index in [9.17, 15) is 0 Å². The second-order valence-electron chi connectivity index (χ2n) is 9.25. The quantitative estimate of drug-likeness (QED) is 0.351. The average Bonchev–Trinajstić information content (AvgIpc) is 3.23. The van der Waals surface area contributed by atoms with Gasteiger partial charge in [0.05, 0.1) is 11.4 Å². The first kappa shape index (κ1) is 19.3. The van der Waals surface area contributed by atoms with Gasteiger partial charge >= 0.3 is 0 Å². The van der Waals surface area contributed by atoms with Gasteiger partial charge in [0, 0.05) is 23.0 Å². The fraction of sp³-hybridized carbons (Fsp3) is 0.194. The van der Waals surface area contributed by atoms with Crippen LogP contribution in [0.3, 0.4) is 0 Å². The van der Waals surface area contributed by atoms with E-state index in [2.05, 4.69) is 103 Å². The minimum Gasteiger partial charge on any atom is -0.252 e. The summed E-state index contributed by atoms with van der Waals surface area (Å²) in [5.74, 6) is 0. The first-order valence-corrected chi connectivity index (χ1v) is 11.7. The maximum Gasteiger partial charge on any atom is 0.0712 e. The fourth-order valence-electron chi connectivity index (χ4n) is 5.60. The van der Waals surface area contributed by atoms with E-state index in [4.69, 9.17) is 0 Å². The molecule has 1 heterocycles. The molecule has 32 heavy (non-hydrogen) atoms. The molecule has 0 saturated heterocycles. The van der Waals surface area contributed by atoms with Gasteiger partial charge in [0.1, 0.15) is 0 Å². The van der Waals surface area contributed by atoms with Crippen LogP contribution in [-0.2, 0) is 5.41 Å². The van der Waals surface area contributed by atoms with Gasteiger partial charge in [0.25, 0.3) is 0 Å². The highest BCUT2D eigenvalue weighted by Gasteiger charge is 2.35. The van der Waals surface area contributed by atoms with Crippen LogP contribution in [0.25, 0.3) is 22.4 Å². The predicted molar refractivity (Wildman–Crippen MR) is 138 cm³/mol. The summed E-state index contributed by atoms with van der Waals surface area (Å²) in [5.41, 5.74) is 9.60. The summed E-state index contributed by atoms with van der Waals surface area (Å²) >= 11 is 0. The summed E-state index contributed by atoms with van der Waals surface area (Å²) in [5, 5.41) is 2.74. The lowest BCUT2D eigenvalue weighted by Gasteiger charge is -2.39. The van der Waals surface area contributed by atoms with Crippen LogP contribution < -0.4 is 0 Å². The van der Waals surface area contributed by atoms with Gasteiger partial charge in [-0.05, 0) is 52.8 Å². The summed E-state index contributed by atoms with van der Waals surface area (Å²) < 4.78 is 0. The number of fused-ring (bicyclic) bond motifs is 8. The molecule has 1 atom stereocenters. The van der Waals surface area contributed by atoms with Crippen LogP contribution in [0.15, 0.2) is 102 Å². The molecule has 3 aliphatic carbocycles. The Hall–Kier alpha value is -3.45. The van der Waals surface area contributed by atoms with Crippen molar-refractivity contribution in [3.8, 4) is 0 Å². The molecule has 1 heteroatoms. The van der Waals surface area contributed by atoms with Gasteiger partial charge in [-0.2, -0.15) is 0 Å². The van der Waals surface area contributed by atoms with Gasteiger partial charge in [0.15, 0.2) is 0 Å². The number of hydrogen-bond donors (Lipinski definition) is 0. The maximum absolute atomic E-state index is 4.57. The summed E-state index contributed by atoms with van der Waals surface area (Å²) in [6, 6.07) is 21.7. The number of hydrogen-bond acceptors (Lipinski definition) is 1.